The Morgan fingerprint density at radius 1 is 1.15 bits per heavy atom. The zero-order valence-corrected chi connectivity index (χ0v) is 12.3. The molecule has 0 unspecified atom stereocenters. The second-order valence-electron chi connectivity index (χ2n) is 4.89. The molecule has 0 saturated carbocycles. The summed E-state index contributed by atoms with van der Waals surface area (Å²) in [5.74, 6) is 0.265. The van der Waals surface area contributed by atoms with E-state index in [1.54, 1.807) is 6.07 Å². The number of thiol groups is 1. The van der Waals surface area contributed by atoms with Gasteiger partial charge < -0.3 is 0 Å². The Labute approximate surface area is 124 Å². The van der Waals surface area contributed by atoms with Crippen LogP contribution in [-0.4, -0.2) is 5.12 Å². The van der Waals surface area contributed by atoms with Crippen LogP contribution in [0.5, 0.6) is 0 Å². The molecule has 100 valence electrons. The zero-order valence-electron chi connectivity index (χ0n) is 11.4. The van der Waals surface area contributed by atoms with Gasteiger partial charge in [-0.2, -0.15) is 5.26 Å². The Kier molecular flexibility index (Phi) is 4.26. The Morgan fingerprint density at radius 2 is 1.80 bits per heavy atom. The second kappa shape index (κ2) is 5.94. The van der Waals surface area contributed by atoms with Gasteiger partial charge in [-0.05, 0) is 23.1 Å². The second-order valence-corrected chi connectivity index (χ2v) is 5.30. The van der Waals surface area contributed by atoms with Gasteiger partial charge in [-0.3, -0.25) is 4.79 Å². The lowest BCUT2D eigenvalue weighted by Gasteiger charge is -2.16. The Morgan fingerprint density at radius 3 is 2.30 bits per heavy atom. The fraction of sp³-hybridized carbons (Fsp3) is 0.176. The molecule has 2 nitrogen and oxygen atoms in total. The summed E-state index contributed by atoms with van der Waals surface area (Å²) in [6.45, 7) is 4.15. The smallest absolute Gasteiger partial charge is 0.217 e. The lowest BCUT2D eigenvalue weighted by molar-refractivity contribution is 0.109. The summed E-state index contributed by atoms with van der Waals surface area (Å²) in [5.41, 5.74) is 3.61. The van der Waals surface area contributed by atoms with Crippen LogP contribution in [0.25, 0.3) is 11.1 Å². The van der Waals surface area contributed by atoms with Gasteiger partial charge in [0.15, 0.2) is 0 Å². The van der Waals surface area contributed by atoms with Crippen molar-refractivity contribution in [1.29, 1.82) is 5.26 Å². The average Bonchev–Trinajstić information content (AvgIpc) is 2.46. The Balaban J connectivity index is 2.84. The molecule has 0 heterocycles. The van der Waals surface area contributed by atoms with Gasteiger partial charge in [0.05, 0.1) is 5.56 Å². The number of nitriles is 1. The van der Waals surface area contributed by atoms with E-state index in [4.69, 9.17) is 0 Å². The van der Waals surface area contributed by atoms with Crippen LogP contribution in [0.3, 0.4) is 0 Å². The third-order valence-corrected chi connectivity index (χ3v) is 3.51. The topological polar surface area (TPSA) is 40.9 Å². The van der Waals surface area contributed by atoms with Crippen molar-refractivity contribution in [3.63, 3.8) is 0 Å². The summed E-state index contributed by atoms with van der Waals surface area (Å²) in [6.07, 6.45) is 0. The van der Waals surface area contributed by atoms with Crippen LogP contribution in [0, 0.1) is 11.3 Å². The lowest BCUT2D eigenvalue weighted by Crippen LogP contribution is -2.02. The molecule has 0 fully saturated rings. The van der Waals surface area contributed by atoms with Crippen molar-refractivity contribution in [2.45, 2.75) is 19.8 Å². The molecule has 20 heavy (non-hydrogen) atoms. The van der Waals surface area contributed by atoms with E-state index < -0.39 is 0 Å². The Hall–Kier alpha value is -2.05. The number of carbonyl (C=O) groups excluding carboxylic acids is 1. The van der Waals surface area contributed by atoms with Crippen molar-refractivity contribution >= 4 is 17.7 Å². The van der Waals surface area contributed by atoms with Crippen LogP contribution < -0.4 is 0 Å². The Bertz CT molecular complexity index is 684. The first-order valence-corrected chi connectivity index (χ1v) is 6.86. The molecule has 0 saturated heterocycles. The maximum atomic E-state index is 11.6. The molecule has 0 aliphatic carbocycles. The molecule has 2 rings (SSSR count). The van der Waals surface area contributed by atoms with Crippen molar-refractivity contribution in [3.05, 3.63) is 59.2 Å². The quantitative estimate of drug-likeness (QED) is 0.846. The molecular weight excluding hydrogens is 266 g/mol. The average molecular weight is 281 g/mol. The van der Waals surface area contributed by atoms with E-state index in [0.717, 1.165) is 16.7 Å². The number of carbonyl (C=O) groups is 1. The third-order valence-electron chi connectivity index (χ3n) is 3.26. The van der Waals surface area contributed by atoms with Crippen LogP contribution in [0.2, 0.25) is 0 Å². The zero-order chi connectivity index (χ0) is 14.7. The van der Waals surface area contributed by atoms with Crippen molar-refractivity contribution < 1.29 is 4.79 Å². The van der Waals surface area contributed by atoms with Gasteiger partial charge >= 0.3 is 0 Å². The molecule has 0 bridgehead atoms. The first-order chi connectivity index (χ1) is 9.56. The SMILES string of the molecule is CC(C)c1ccc(C(=O)S)c(C#N)c1-c1ccccc1. The maximum Gasteiger partial charge on any atom is 0.217 e. The summed E-state index contributed by atoms with van der Waals surface area (Å²) in [6, 6.07) is 15.5. The van der Waals surface area contributed by atoms with Gasteiger partial charge in [0.25, 0.3) is 0 Å². The molecule has 0 spiro atoms. The molecule has 0 radical (unpaired) electrons. The standard InChI is InChI=1S/C17H15NOS/c1-11(2)13-8-9-14(17(19)20)15(10-18)16(13)12-6-4-3-5-7-12/h3-9,11H,1-2H3,(H,19,20). The molecule has 2 aromatic rings. The van der Waals surface area contributed by atoms with Gasteiger partial charge in [-0.25, -0.2) is 0 Å². The molecule has 0 N–H and O–H groups in total. The highest BCUT2D eigenvalue weighted by Crippen LogP contribution is 2.34. The fourth-order valence-electron chi connectivity index (χ4n) is 2.31. The number of hydrogen-bond donors (Lipinski definition) is 1. The maximum absolute atomic E-state index is 11.6. The monoisotopic (exact) mass is 281 g/mol. The van der Waals surface area contributed by atoms with Crippen LogP contribution in [0.4, 0.5) is 0 Å². The van der Waals surface area contributed by atoms with E-state index in [1.807, 2.05) is 36.4 Å². The van der Waals surface area contributed by atoms with Crippen molar-refractivity contribution in [3.8, 4) is 17.2 Å². The first kappa shape index (κ1) is 14.4. The summed E-state index contributed by atoms with van der Waals surface area (Å²) in [5, 5.41) is 9.10. The van der Waals surface area contributed by atoms with Gasteiger partial charge in [-0.1, -0.05) is 50.2 Å². The van der Waals surface area contributed by atoms with Gasteiger partial charge in [0.1, 0.15) is 6.07 Å². The summed E-state index contributed by atoms with van der Waals surface area (Å²) in [4.78, 5) is 11.6. The number of hydrogen-bond acceptors (Lipinski definition) is 2. The van der Waals surface area contributed by atoms with Crippen LogP contribution in [-0.2, 0) is 0 Å². The highest BCUT2D eigenvalue weighted by molar-refractivity contribution is 7.97. The summed E-state index contributed by atoms with van der Waals surface area (Å²) in [7, 11) is 0. The van der Waals surface area contributed by atoms with Crippen molar-refractivity contribution in [2.75, 3.05) is 0 Å². The molecule has 0 atom stereocenters. The number of rotatable bonds is 3. The van der Waals surface area contributed by atoms with Crippen LogP contribution in [0.15, 0.2) is 42.5 Å². The van der Waals surface area contributed by atoms with Gasteiger partial charge in [0, 0.05) is 11.1 Å². The molecule has 0 aliphatic heterocycles. The first-order valence-electron chi connectivity index (χ1n) is 6.42. The van der Waals surface area contributed by atoms with E-state index in [2.05, 4.69) is 32.5 Å². The van der Waals surface area contributed by atoms with E-state index in [-0.39, 0.29) is 11.0 Å². The molecule has 0 aliphatic rings. The predicted molar refractivity (Wildman–Crippen MR) is 84.0 cm³/mol. The highest BCUT2D eigenvalue weighted by atomic mass is 32.1. The minimum atomic E-state index is -0.381. The van der Waals surface area contributed by atoms with E-state index in [1.165, 1.54) is 0 Å². The summed E-state index contributed by atoms with van der Waals surface area (Å²) >= 11 is 3.87. The molecule has 2 aromatic carbocycles. The molecule has 0 aromatic heterocycles. The highest BCUT2D eigenvalue weighted by Gasteiger charge is 2.19. The fourth-order valence-corrected chi connectivity index (χ4v) is 2.50. The summed E-state index contributed by atoms with van der Waals surface area (Å²) < 4.78 is 0. The predicted octanol–water partition coefficient (Wildman–Crippen LogP) is 4.42. The van der Waals surface area contributed by atoms with Crippen molar-refractivity contribution in [1.82, 2.24) is 0 Å². The minimum absolute atomic E-state index is 0.265. The third kappa shape index (κ3) is 2.61. The molecular formula is C17H15NOS. The van der Waals surface area contributed by atoms with Crippen LogP contribution in [0.1, 0.15) is 41.3 Å². The molecule has 3 heteroatoms. The lowest BCUT2D eigenvalue weighted by atomic mass is 9.87. The molecule has 0 amide bonds. The van der Waals surface area contributed by atoms with Crippen molar-refractivity contribution in [2.24, 2.45) is 0 Å². The number of benzene rings is 2. The van der Waals surface area contributed by atoms with E-state index >= 15 is 0 Å². The van der Waals surface area contributed by atoms with Crippen LogP contribution >= 0.6 is 12.6 Å². The van der Waals surface area contributed by atoms with E-state index in [9.17, 15) is 10.1 Å². The largest absolute Gasteiger partial charge is 0.282 e. The number of nitrogens with zero attached hydrogens (tertiary/aromatic N) is 1. The van der Waals surface area contributed by atoms with E-state index in [0.29, 0.717) is 11.1 Å². The van der Waals surface area contributed by atoms with Gasteiger partial charge in [-0.15, -0.1) is 12.6 Å². The normalized spacial score (nSPS) is 10.3. The minimum Gasteiger partial charge on any atom is -0.282 e. The van der Waals surface area contributed by atoms with Gasteiger partial charge in [0.2, 0.25) is 5.12 Å².